The van der Waals surface area contributed by atoms with Crippen LogP contribution in [0.15, 0.2) is 18.2 Å². The molecule has 17 heavy (non-hydrogen) atoms. The quantitative estimate of drug-likeness (QED) is 0.658. The first-order valence-corrected chi connectivity index (χ1v) is 6.41. The molecular weight excluding hydrogens is 259 g/mol. The second kappa shape index (κ2) is 5.55. The summed E-state index contributed by atoms with van der Waals surface area (Å²) in [5.74, 6) is 5.97. The fraction of sp³-hybridized carbons (Fsp3) is 0.500. The smallest absolute Gasteiger partial charge is 0.0594 e. The first-order chi connectivity index (χ1) is 8.13. The zero-order chi connectivity index (χ0) is 12.4. The molecule has 0 aromatic heterocycles. The van der Waals surface area contributed by atoms with Crippen LogP contribution in [0.1, 0.15) is 24.9 Å². The molecule has 0 bridgehead atoms. The van der Waals surface area contributed by atoms with E-state index in [1.807, 2.05) is 6.07 Å². The predicted molar refractivity (Wildman–Crippen MR) is 70.0 cm³/mol. The summed E-state index contributed by atoms with van der Waals surface area (Å²) in [6, 6.07) is 5.40. The van der Waals surface area contributed by atoms with Crippen LogP contribution < -0.4 is 11.3 Å². The number of rotatable bonds is 3. The normalized spacial score (nSPS) is 26.1. The zero-order valence-corrected chi connectivity index (χ0v) is 11.1. The molecule has 1 fully saturated rings. The Morgan fingerprint density at radius 1 is 1.47 bits per heavy atom. The number of nitrogens with two attached hydrogens (primary N) is 1. The molecule has 1 heterocycles. The van der Waals surface area contributed by atoms with Gasteiger partial charge in [-0.3, -0.25) is 11.3 Å². The predicted octanol–water partition coefficient (Wildman–Crippen LogP) is 2.92. The molecule has 1 aromatic carbocycles. The van der Waals surface area contributed by atoms with Gasteiger partial charge in [-0.05, 0) is 37.1 Å². The zero-order valence-electron chi connectivity index (χ0n) is 9.62. The van der Waals surface area contributed by atoms with Crippen molar-refractivity contribution in [3.05, 3.63) is 33.8 Å². The van der Waals surface area contributed by atoms with Gasteiger partial charge in [-0.1, -0.05) is 23.2 Å². The lowest BCUT2D eigenvalue weighted by molar-refractivity contribution is 0.0954. The average molecular weight is 275 g/mol. The molecule has 3 unspecified atom stereocenters. The van der Waals surface area contributed by atoms with Crippen LogP contribution in [0.4, 0.5) is 0 Å². The number of hydrazine groups is 1. The third-order valence-electron chi connectivity index (χ3n) is 3.34. The summed E-state index contributed by atoms with van der Waals surface area (Å²) in [6.45, 7) is 2.82. The standard InChI is InChI=1S/C12H16Cl2N2O/c1-7-9(4-5-17-7)12(16-15)10-6-8(13)2-3-11(10)14/h2-3,6-7,9,12,16H,4-5,15H2,1H3. The molecule has 0 aliphatic carbocycles. The Bertz CT molecular complexity index is 400. The molecule has 1 aromatic rings. The number of benzene rings is 1. The van der Waals surface area contributed by atoms with Gasteiger partial charge in [-0.2, -0.15) is 0 Å². The molecule has 94 valence electrons. The highest BCUT2D eigenvalue weighted by Crippen LogP contribution is 2.36. The van der Waals surface area contributed by atoms with Crippen molar-refractivity contribution in [3.8, 4) is 0 Å². The van der Waals surface area contributed by atoms with Crippen LogP contribution in [0.3, 0.4) is 0 Å². The fourth-order valence-corrected chi connectivity index (χ4v) is 2.80. The Kier molecular flexibility index (Phi) is 4.28. The van der Waals surface area contributed by atoms with E-state index in [4.69, 9.17) is 33.8 Å². The van der Waals surface area contributed by atoms with Crippen molar-refractivity contribution < 1.29 is 4.74 Å². The van der Waals surface area contributed by atoms with Gasteiger partial charge in [0.15, 0.2) is 0 Å². The molecule has 0 spiro atoms. The molecule has 0 amide bonds. The van der Waals surface area contributed by atoms with Crippen molar-refractivity contribution in [2.45, 2.75) is 25.5 Å². The monoisotopic (exact) mass is 274 g/mol. The molecule has 1 saturated heterocycles. The average Bonchev–Trinajstić information content (AvgIpc) is 2.71. The van der Waals surface area contributed by atoms with Crippen molar-refractivity contribution in [2.75, 3.05) is 6.61 Å². The van der Waals surface area contributed by atoms with Crippen molar-refractivity contribution in [1.29, 1.82) is 0 Å². The highest BCUT2D eigenvalue weighted by Gasteiger charge is 2.33. The van der Waals surface area contributed by atoms with Gasteiger partial charge < -0.3 is 4.74 Å². The minimum absolute atomic E-state index is 0.0290. The molecule has 3 nitrogen and oxygen atoms in total. The van der Waals surface area contributed by atoms with Crippen LogP contribution in [0.2, 0.25) is 10.0 Å². The van der Waals surface area contributed by atoms with Crippen LogP contribution in [0, 0.1) is 5.92 Å². The lowest BCUT2D eigenvalue weighted by Gasteiger charge is -2.26. The Labute approximate surface area is 111 Å². The van der Waals surface area contributed by atoms with E-state index in [0.717, 1.165) is 18.6 Å². The van der Waals surface area contributed by atoms with Gasteiger partial charge in [0.2, 0.25) is 0 Å². The Hall–Kier alpha value is -0.320. The van der Waals surface area contributed by atoms with Crippen molar-refractivity contribution in [2.24, 2.45) is 11.8 Å². The number of nitrogens with one attached hydrogen (secondary N) is 1. The van der Waals surface area contributed by atoms with E-state index in [2.05, 4.69) is 12.3 Å². The molecule has 2 rings (SSSR count). The highest BCUT2D eigenvalue weighted by atomic mass is 35.5. The topological polar surface area (TPSA) is 47.3 Å². The minimum Gasteiger partial charge on any atom is -0.378 e. The Morgan fingerprint density at radius 2 is 2.24 bits per heavy atom. The van der Waals surface area contributed by atoms with E-state index in [0.29, 0.717) is 16.0 Å². The molecule has 1 aliphatic rings. The molecule has 1 aliphatic heterocycles. The van der Waals surface area contributed by atoms with Gasteiger partial charge in [-0.15, -0.1) is 0 Å². The van der Waals surface area contributed by atoms with Crippen LogP contribution in [-0.2, 0) is 4.74 Å². The number of halogens is 2. The summed E-state index contributed by atoms with van der Waals surface area (Å²) < 4.78 is 5.57. The van der Waals surface area contributed by atoms with Gasteiger partial charge in [0.05, 0.1) is 12.1 Å². The van der Waals surface area contributed by atoms with Gasteiger partial charge in [0, 0.05) is 22.6 Å². The van der Waals surface area contributed by atoms with E-state index in [-0.39, 0.29) is 12.1 Å². The minimum atomic E-state index is -0.0290. The third kappa shape index (κ3) is 2.75. The number of ether oxygens (including phenoxy) is 1. The van der Waals surface area contributed by atoms with Crippen LogP contribution in [0.25, 0.3) is 0 Å². The fourth-order valence-electron chi connectivity index (χ4n) is 2.38. The maximum atomic E-state index is 6.20. The van der Waals surface area contributed by atoms with Crippen molar-refractivity contribution in [1.82, 2.24) is 5.43 Å². The molecule has 0 saturated carbocycles. The second-order valence-electron chi connectivity index (χ2n) is 4.34. The van der Waals surface area contributed by atoms with Gasteiger partial charge >= 0.3 is 0 Å². The van der Waals surface area contributed by atoms with E-state index in [1.54, 1.807) is 12.1 Å². The maximum absolute atomic E-state index is 6.20. The third-order valence-corrected chi connectivity index (χ3v) is 3.91. The summed E-state index contributed by atoms with van der Waals surface area (Å²) in [5, 5.41) is 1.34. The first kappa shape index (κ1) is 13.1. The van der Waals surface area contributed by atoms with Gasteiger partial charge in [-0.25, -0.2) is 0 Å². The van der Waals surface area contributed by atoms with E-state index < -0.39 is 0 Å². The van der Waals surface area contributed by atoms with Gasteiger partial charge in [0.1, 0.15) is 0 Å². The molecule has 0 radical (unpaired) electrons. The summed E-state index contributed by atoms with van der Waals surface area (Å²) in [7, 11) is 0. The van der Waals surface area contributed by atoms with Gasteiger partial charge in [0.25, 0.3) is 0 Å². The SMILES string of the molecule is CC1OCCC1C(NN)c1cc(Cl)ccc1Cl. The summed E-state index contributed by atoms with van der Waals surface area (Å²) in [5.41, 5.74) is 3.77. The summed E-state index contributed by atoms with van der Waals surface area (Å²) >= 11 is 12.2. The lowest BCUT2D eigenvalue weighted by Crippen LogP contribution is -2.36. The van der Waals surface area contributed by atoms with E-state index in [1.165, 1.54) is 0 Å². The van der Waals surface area contributed by atoms with E-state index in [9.17, 15) is 0 Å². The molecule has 3 N–H and O–H groups in total. The Balaban J connectivity index is 2.31. The van der Waals surface area contributed by atoms with E-state index >= 15 is 0 Å². The molecule has 3 atom stereocenters. The highest BCUT2D eigenvalue weighted by molar-refractivity contribution is 6.33. The van der Waals surface area contributed by atoms with Crippen molar-refractivity contribution in [3.63, 3.8) is 0 Å². The van der Waals surface area contributed by atoms with Crippen LogP contribution >= 0.6 is 23.2 Å². The first-order valence-electron chi connectivity index (χ1n) is 5.66. The van der Waals surface area contributed by atoms with Crippen LogP contribution in [0.5, 0.6) is 0 Å². The Morgan fingerprint density at radius 3 is 2.82 bits per heavy atom. The summed E-state index contributed by atoms with van der Waals surface area (Å²) in [4.78, 5) is 0. The molecule has 5 heteroatoms. The number of hydrogen-bond acceptors (Lipinski definition) is 3. The maximum Gasteiger partial charge on any atom is 0.0594 e. The summed E-state index contributed by atoms with van der Waals surface area (Å²) in [6.07, 6.45) is 1.14. The lowest BCUT2D eigenvalue weighted by atomic mass is 9.89. The number of hydrogen-bond donors (Lipinski definition) is 2. The largest absolute Gasteiger partial charge is 0.378 e. The second-order valence-corrected chi connectivity index (χ2v) is 5.18. The van der Waals surface area contributed by atoms with Crippen LogP contribution in [-0.4, -0.2) is 12.7 Å². The van der Waals surface area contributed by atoms with Crippen molar-refractivity contribution >= 4 is 23.2 Å². The molecular formula is C12H16Cl2N2O.